The van der Waals surface area contributed by atoms with Crippen molar-refractivity contribution in [3.05, 3.63) is 78.6 Å². The Morgan fingerprint density at radius 3 is 2.53 bits per heavy atom. The number of hydrogen-bond donors (Lipinski definition) is 1. The van der Waals surface area contributed by atoms with Crippen LogP contribution in [0.5, 0.6) is 5.88 Å². The molecule has 0 radical (unpaired) electrons. The molecule has 0 fully saturated rings. The minimum absolute atomic E-state index is 0.323. The highest BCUT2D eigenvalue weighted by molar-refractivity contribution is 5.73. The van der Waals surface area contributed by atoms with E-state index in [0.717, 1.165) is 11.1 Å². The minimum Gasteiger partial charge on any atom is -0.465 e. The van der Waals surface area contributed by atoms with E-state index < -0.39 is 6.10 Å². The van der Waals surface area contributed by atoms with Crippen molar-refractivity contribution in [1.82, 2.24) is 35.0 Å². The molecular formula is C21H16FN7O. The number of fused-ring (bicyclic) bond motifs is 1. The normalized spacial score (nSPS) is 12.2. The molecule has 3 aromatic heterocycles. The summed E-state index contributed by atoms with van der Waals surface area (Å²) in [6, 6.07) is 17.6. The van der Waals surface area contributed by atoms with Gasteiger partial charge in [0.15, 0.2) is 23.4 Å². The maximum absolute atomic E-state index is 13.3. The van der Waals surface area contributed by atoms with Crippen molar-refractivity contribution in [3.8, 4) is 28.4 Å². The highest BCUT2D eigenvalue weighted by Gasteiger charge is 2.19. The molecule has 1 N–H and O–H groups in total. The molecule has 30 heavy (non-hydrogen) atoms. The molecule has 5 rings (SSSR count). The average molecular weight is 401 g/mol. The first kappa shape index (κ1) is 17.9. The predicted octanol–water partition coefficient (Wildman–Crippen LogP) is 3.86. The molecular weight excluding hydrogens is 385 g/mol. The lowest BCUT2D eigenvalue weighted by Crippen LogP contribution is -2.09. The Balaban J connectivity index is 1.65. The first-order valence-corrected chi connectivity index (χ1v) is 9.29. The Morgan fingerprint density at radius 1 is 1.00 bits per heavy atom. The molecule has 0 aliphatic carbocycles. The first-order valence-electron chi connectivity index (χ1n) is 9.29. The second-order valence-corrected chi connectivity index (χ2v) is 6.65. The number of aromatic nitrogens is 7. The standard InChI is InChI=1S/C21H16FN7O/c1-13(19-23-12-24-26-19)30-21-17(14-5-3-2-4-6-14)11-18-25-27-20(29(18)28-21)15-7-9-16(22)10-8-15/h2-13H,1H3,(H,23,24,26). The highest BCUT2D eigenvalue weighted by Crippen LogP contribution is 2.32. The van der Waals surface area contributed by atoms with Crippen molar-refractivity contribution in [2.45, 2.75) is 13.0 Å². The highest BCUT2D eigenvalue weighted by atomic mass is 19.1. The van der Waals surface area contributed by atoms with E-state index in [1.807, 2.05) is 43.3 Å². The maximum Gasteiger partial charge on any atom is 0.240 e. The van der Waals surface area contributed by atoms with E-state index in [1.165, 1.54) is 18.5 Å². The van der Waals surface area contributed by atoms with Gasteiger partial charge >= 0.3 is 0 Å². The van der Waals surface area contributed by atoms with E-state index >= 15 is 0 Å². The van der Waals surface area contributed by atoms with E-state index in [4.69, 9.17) is 4.74 Å². The fourth-order valence-corrected chi connectivity index (χ4v) is 3.14. The van der Waals surface area contributed by atoms with Gasteiger partial charge in [0.05, 0.1) is 0 Å². The van der Waals surface area contributed by atoms with Crippen molar-refractivity contribution in [3.63, 3.8) is 0 Å². The van der Waals surface area contributed by atoms with Gasteiger partial charge in [-0.3, -0.25) is 5.10 Å². The molecule has 148 valence electrons. The van der Waals surface area contributed by atoms with E-state index in [-0.39, 0.29) is 5.82 Å². The lowest BCUT2D eigenvalue weighted by molar-refractivity contribution is 0.206. The summed E-state index contributed by atoms with van der Waals surface area (Å²) >= 11 is 0. The van der Waals surface area contributed by atoms with Gasteiger partial charge in [0.25, 0.3) is 0 Å². The molecule has 0 bridgehead atoms. The quantitative estimate of drug-likeness (QED) is 0.481. The molecule has 0 saturated heterocycles. The Hall–Kier alpha value is -4.14. The van der Waals surface area contributed by atoms with Crippen LogP contribution in [0.15, 0.2) is 67.0 Å². The van der Waals surface area contributed by atoms with Crippen LogP contribution in [-0.4, -0.2) is 35.0 Å². The van der Waals surface area contributed by atoms with Crippen molar-refractivity contribution in [2.24, 2.45) is 0 Å². The third-order valence-corrected chi connectivity index (χ3v) is 4.63. The minimum atomic E-state index is -0.436. The van der Waals surface area contributed by atoms with Gasteiger partial charge in [-0.1, -0.05) is 30.3 Å². The molecule has 0 spiro atoms. The molecule has 5 aromatic rings. The third-order valence-electron chi connectivity index (χ3n) is 4.63. The number of benzene rings is 2. The van der Waals surface area contributed by atoms with E-state index in [1.54, 1.807) is 16.6 Å². The number of halogens is 1. The topological polar surface area (TPSA) is 93.9 Å². The average Bonchev–Trinajstić information content (AvgIpc) is 3.45. The zero-order chi connectivity index (χ0) is 20.5. The number of nitrogens with one attached hydrogen (secondary N) is 1. The van der Waals surface area contributed by atoms with Crippen LogP contribution in [0, 0.1) is 5.82 Å². The Kier molecular flexibility index (Phi) is 4.40. The number of hydrogen-bond acceptors (Lipinski definition) is 6. The fourth-order valence-electron chi connectivity index (χ4n) is 3.14. The predicted molar refractivity (Wildman–Crippen MR) is 107 cm³/mol. The summed E-state index contributed by atoms with van der Waals surface area (Å²) < 4.78 is 21.1. The van der Waals surface area contributed by atoms with Crippen LogP contribution >= 0.6 is 0 Å². The molecule has 9 heteroatoms. The zero-order valence-corrected chi connectivity index (χ0v) is 15.9. The van der Waals surface area contributed by atoms with Crippen molar-refractivity contribution in [2.75, 3.05) is 0 Å². The van der Waals surface area contributed by atoms with E-state index in [0.29, 0.717) is 28.7 Å². The van der Waals surface area contributed by atoms with Crippen LogP contribution in [-0.2, 0) is 0 Å². The van der Waals surface area contributed by atoms with Crippen molar-refractivity contribution >= 4 is 5.65 Å². The van der Waals surface area contributed by atoms with Crippen LogP contribution in [0.25, 0.3) is 28.2 Å². The monoisotopic (exact) mass is 401 g/mol. The van der Waals surface area contributed by atoms with Gasteiger partial charge in [0, 0.05) is 11.1 Å². The summed E-state index contributed by atoms with van der Waals surface area (Å²) in [6.07, 6.45) is 1.06. The molecule has 0 saturated carbocycles. The summed E-state index contributed by atoms with van der Waals surface area (Å²) in [7, 11) is 0. The Labute approximate surface area is 170 Å². The maximum atomic E-state index is 13.3. The van der Waals surface area contributed by atoms with Crippen LogP contribution < -0.4 is 4.74 Å². The van der Waals surface area contributed by atoms with Gasteiger partial charge in [-0.15, -0.1) is 15.3 Å². The molecule has 1 unspecified atom stereocenters. The Morgan fingerprint density at radius 2 is 1.80 bits per heavy atom. The summed E-state index contributed by atoms with van der Waals surface area (Å²) in [4.78, 5) is 4.15. The Bertz CT molecular complexity index is 1280. The smallest absolute Gasteiger partial charge is 0.240 e. The largest absolute Gasteiger partial charge is 0.465 e. The number of aromatic amines is 1. The molecule has 1 atom stereocenters. The number of rotatable bonds is 5. The van der Waals surface area contributed by atoms with Gasteiger partial charge in [-0.25, -0.2) is 9.37 Å². The van der Waals surface area contributed by atoms with Gasteiger partial charge < -0.3 is 4.74 Å². The summed E-state index contributed by atoms with van der Waals surface area (Å²) in [6.45, 7) is 1.84. The SMILES string of the molecule is CC(Oc1nn2c(-c3ccc(F)cc3)nnc2cc1-c1ccccc1)c1nc[nH]n1. The van der Waals surface area contributed by atoms with Gasteiger partial charge in [-0.05, 0) is 42.8 Å². The number of H-pyrrole nitrogens is 1. The molecule has 2 aromatic carbocycles. The summed E-state index contributed by atoms with van der Waals surface area (Å²) in [5, 5.41) is 19.9. The molecule has 0 amide bonds. The van der Waals surface area contributed by atoms with Gasteiger partial charge in [0.2, 0.25) is 5.88 Å². The molecule has 0 aliphatic heterocycles. The van der Waals surface area contributed by atoms with E-state index in [2.05, 4.69) is 30.5 Å². The zero-order valence-electron chi connectivity index (χ0n) is 15.9. The lowest BCUT2D eigenvalue weighted by Gasteiger charge is -2.15. The van der Waals surface area contributed by atoms with Crippen LogP contribution in [0.4, 0.5) is 4.39 Å². The van der Waals surface area contributed by atoms with Crippen LogP contribution in [0.3, 0.4) is 0 Å². The molecule has 3 heterocycles. The second kappa shape index (κ2) is 7.36. The summed E-state index contributed by atoms with van der Waals surface area (Å²) in [5.41, 5.74) is 2.93. The molecule has 0 aliphatic rings. The molecule has 8 nitrogen and oxygen atoms in total. The van der Waals surface area contributed by atoms with Crippen LogP contribution in [0.2, 0.25) is 0 Å². The summed E-state index contributed by atoms with van der Waals surface area (Å²) in [5.74, 6) is 1.06. The third kappa shape index (κ3) is 3.26. The number of nitrogens with zero attached hydrogens (tertiary/aromatic N) is 6. The van der Waals surface area contributed by atoms with E-state index in [9.17, 15) is 4.39 Å². The second-order valence-electron chi connectivity index (χ2n) is 6.65. The van der Waals surface area contributed by atoms with Gasteiger partial charge in [-0.2, -0.15) is 9.61 Å². The van der Waals surface area contributed by atoms with Gasteiger partial charge in [0.1, 0.15) is 12.1 Å². The van der Waals surface area contributed by atoms with Crippen molar-refractivity contribution < 1.29 is 9.13 Å². The van der Waals surface area contributed by atoms with Crippen molar-refractivity contribution in [1.29, 1.82) is 0 Å². The first-order chi connectivity index (χ1) is 14.7. The number of ether oxygens (including phenoxy) is 1. The lowest BCUT2D eigenvalue weighted by atomic mass is 10.1. The fraction of sp³-hybridized carbons (Fsp3) is 0.0952. The van der Waals surface area contributed by atoms with Crippen LogP contribution in [0.1, 0.15) is 18.9 Å².